The molecule has 1 amide bonds. The number of aliphatic hydroxyl groups excluding tert-OH is 1. The SMILES string of the molecule is COCCN1C(=O)C(=O)/C(=C(/O)c2cc(C(C)(C)C)ccc2OC)C1c1cccs1. The van der Waals surface area contributed by atoms with Crippen LogP contribution in [0, 0.1) is 0 Å². The van der Waals surface area contributed by atoms with E-state index in [0.717, 1.165) is 10.4 Å². The number of carbonyl (C=O) groups is 2. The first kappa shape index (κ1) is 22.1. The predicted molar refractivity (Wildman–Crippen MR) is 117 cm³/mol. The number of rotatable bonds is 6. The summed E-state index contributed by atoms with van der Waals surface area (Å²) in [5.41, 5.74) is 1.28. The number of likely N-dealkylation sites (tertiary alicyclic amines) is 1. The first-order chi connectivity index (χ1) is 14.2. The zero-order chi connectivity index (χ0) is 22.1. The second kappa shape index (κ2) is 8.62. The van der Waals surface area contributed by atoms with Gasteiger partial charge in [0.15, 0.2) is 0 Å². The van der Waals surface area contributed by atoms with Crippen LogP contribution in [0.4, 0.5) is 0 Å². The zero-order valence-electron chi connectivity index (χ0n) is 17.9. The number of hydrogen-bond acceptors (Lipinski definition) is 6. The average molecular weight is 430 g/mol. The van der Waals surface area contributed by atoms with E-state index in [-0.39, 0.29) is 29.9 Å². The van der Waals surface area contributed by atoms with Crippen LogP contribution in [-0.2, 0) is 19.7 Å². The van der Waals surface area contributed by atoms with Crippen molar-refractivity contribution in [2.75, 3.05) is 27.4 Å². The molecule has 1 unspecified atom stereocenters. The number of amides is 1. The fraction of sp³-hybridized carbons (Fsp3) is 0.391. The molecule has 2 aromatic rings. The standard InChI is InChI=1S/C23H27NO5S/c1-23(2,3)14-8-9-16(29-5)15(13-14)20(25)18-19(17-7-6-12-30-17)24(10-11-28-4)22(27)21(18)26/h6-9,12-13,19,25H,10-11H2,1-5H3/b20-18+. The molecule has 7 heteroatoms. The van der Waals surface area contributed by atoms with E-state index in [4.69, 9.17) is 9.47 Å². The van der Waals surface area contributed by atoms with Gasteiger partial charge in [0.1, 0.15) is 11.5 Å². The maximum Gasteiger partial charge on any atom is 0.295 e. The number of carbonyl (C=O) groups excluding carboxylic acids is 2. The molecule has 160 valence electrons. The van der Waals surface area contributed by atoms with Gasteiger partial charge in [-0.3, -0.25) is 9.59 Å². The lowest BCUT2D eigenvalue weighted by Crippen LogP contribution is -2.32. The quantitative estimate of drug-likeness (QED) is 0.425. The topological polar surface area (TPSA) is 76.1 Å². The van der Waals surface area contributed by atoms with Crippen molar-refractivity contribution in [1.29, 1.82) is 0 Å². The van der Waals surface area contributed by atoms with Crippen LogP contribution >= 0.6 is 11.3 Å². The second-order valence-electron chi connectivity index (χ2n) is 8.17. The maximum absolute atomic E-state index is 13.0. The Morgan fingerprint density at radius 1 is 1.20 bits per heavy atom. The summed E-state index contributed by atoms with van der Waals surface area (Å²) in [6.07, 6.45) is 0. The summed E-state index contributed by atoms with van der Waals surface area (Å²) in [4.78, 5) is 28.1. The lowest BCUT2D eigenvalue weighted by atomic mass is 9.85. The summed E-state index contributed by atoms with van der Waals surface area (Å²) in [5.74, 6) is -1.13. The van der Waals surface area contributed by atoms with E-state index in [1.54, 1.807) is 13.2 Å². The van der Waals surface area contributed by atoms with E-state index in [1.807, 2.05) is 29.6 Å². The zero-order valence-corrected chi connectivity index (χ0v) is 18.7. The van der Waals surface area contributed by atoms with Crippen LogP contribution in [-0.4, -0.2) is 49.1 Å². The van der Waals surface area contributed by atoms with Gasteiger partial charge in [0.05, 0.1) is 30.9 Å². The largest absolute Gasteiger partial charge is 0.507 e. The number of nitrogens with zero attached hydrogens (tertiary/aromatic N) is 1. The van der Waals surface area contributed by atoms with E-state index in [9.17, 15) is 14.7 Å². The highest BCUT2D eigenvalue weighted by Crippen LogP contribution is 2.42. The maximum atomic E-state index is 13.0. The van der Waals surface area contributed by atoms with Crippen molar-refractivity contribution in [3.05, 3.63) is 57.3 Å². The molecule has 1 aromatic carbocycles. The molecule has 0 saturated carbocycles. The van der Waals surface area contributed by atoms with Crippen molar-refractivity contribution in [3.63, 3.8) is 0 Å². The monoisotopic (exact) mass is 429 g/mol. The molecule has 1 aromatic heterocycles. The lowest BCUT2D eigenvalue weighted by molar-refractivity contribution is -0.140. The molecule has 1 fully saturated rings. The first-order valence-corrected chi connectivity index (χ1v) is 10.6. The predicted octanol–water partition coefficient (Wildman–Crippen LogP) is 4.12. The van der Waals surface area contributed by atoms with Crippen LogP contribution in [0.25, 0.3) is 5.76 Å². The minimum atomic E-state index is -0.704. The van der Waals surface area contributed by atoms with Crippen molar-refractivity contribution >= 4 is 28.8 Å². The normalized spacial score (nSPS) is 18.8. The summed E-state index contributed by atoms with van der Waals surface area (Å²) < 4.78 is 10.6. The van der Waals surface area contributed by atoms with E-state index in [0.29, 0.717) is 11.3 Å². The molecule has 0 aliphatic carbocycles. The molecule has 1 aliphatic heterocycles. The van der Waals surface area contributed by atoms with E-state index in [1.165, 1.54) is 23.3 Å². The van der Waals surface area contributed by atoms with Crippen LogP contribution in [0.15, 0.2) is 41.3 Å². The highest BCUT2D eigenvalue weighted by molar-refractivity contribution is 7.10. The molecule has 3 rings (SSSR count). The lowest BCUT2D eigenvalue weighted by Gasteiger charge is -2.24. The highest BCUT2D eigenvalue weighted by atomic mass is 32.1. The van der Waals surface area contributed by atoms with Gasteiger partial charge in [0, 0.05) is 18.5 Å². The summed E-state index contributed by atoms with van der Waals surface area (Å²) in [6, 6.07) is 8.58. The molecular formula is C23H27NO5S. The molecule has 1 atom stereocenters. The number of ketones is 1. The van der Waals surface area contributed by atoms with Gasteiger partial charge in [-0.05, 0) is 34.6 Å². The number of aliphatic hydroxyl groups is 1. The summed E-state index contributed by atoms with van der Waals surface area (Å²) >= 11 is 1.43. The summed E-state index contributed by atoms with van der Waals surface area (Å²) in [7, 11) is 3.05. The Morgan fingerprint density at radius 3 is 2.50 bits per heavy atom. The molecule has 6 nitrogen and oxygen atoms in total. The summed E-state index contributed by atoms with van der Waals surface area (Å²) in [5, 5.41) is 13.2. The fourth-order valence-corrected chi connectivity index (χ4v) is 4.39. The number of thiophene rings is 1. The Labute approximate surface area is 180 Å². The van der Waals surface area contributed by atoms with Gasteiger partial charge in [0.2, 0.25) is 0 Å². The van der Waals surface area contributed by atoms with Crippen LogP contribution in [0.1, 0.15) is 42.8 Å². The number of Topliss-reactive ketones (excluding diaryl/α,β-unsaturated/α-hetero) is 1. The van der Waals surface area contributed by atoms with Gasteiger partial charge in [-0.2, -0.15) is 0 Å². The van der Waals surface area contributed by atoms with Gasteiger partial charge in [-0.15, -0.1) is 11.3 Å². The molecule has 30 heavy (non-hydrogen) atoms. The van der Waals surface area contributed by atoms with E-state index >= 15 is 0 Å². The molecule has 1 N–H and O–H groups in total. The number of hydrogen-bond donors (Lipinski definition) is 1. The van der Waals surface area contributed by atoms with Crippen LogP contribution in [0.5, 0.6) is 5.75 Å². The van der Waals surface area contributed by atoms with E-state index in [2.05, 4.69) is 20.8 Å². The minimum absolute atomic E-state index is 0.0721. The average Bonchev–Trinajstić information content (AvgIpc) is 3.32. The minimum Gasteiger partial charge on any atom is -0.507 e. The van der Waals surface area contributed by atoms with Crippen LogP contribution in [0.3, 0.4) is 0 Å². The van der Waals surface area contributed by atoms with Crippen LogP contribution < -0.4 is 4.74 Å². The number of methoxy groups -OCH3 is 2. The van der Waals surface area contributed by atoms with Crippen molar-refractivity contribution in [3.8, 4) is 5.75 Å². The molecule has 2 heterocycles. The molecular weight excluding hydrogens is 402 g/mol. The first-order valence-electron chi connectivity index (χ1n) is 9.70. The second-order valence-corrected chi connectivity index (χ2v) is 9.15. The molecule has 0 radical (unpaired) electrons. The fourth-order valence-electron chi connectivity index (χ4n) is 3.55. The van der Waals surface area contributed by atoms with Crippen molar-refractivity contribution in [2.24, 2.45) is 0 Å². The van der Waals surface area contributed by atoms with Crippen molar-refractivity contribution in [1.82, 2.24) is 4.90 Å². The Morgan fingerprint density at radius 2 is 1.93 bits per heavy atom. The third-order valence-electron chi connectivity index (χ3n) is 5.21. The van der Waals surface area contributed by atoms with E-state index < -0.39 is 17.7 Å². The van der Waals surface area contributed by atoms with Gasteiger partial charge >= 0.3 is 0 Å². The third-order valence-corrected chi connectivity index (χ3v) is 6.13. The van der Waals surface area contributed by atoms with Gasteiger partial charge < -0.3 is 19.5 Å². The molecule has 1 saturated heterocycles. The smallest absolute Gasteiger partial charge is 0.295 e. The molecule has 1 aliphatic rings. The summed E-state index contributed by atoms with van der Waals surface area (Å²) in [6.45, 7) is 6.73. The Kier molecular flexibility index (Phi) is 6.33. The van der Waals surface area contributed by atoms with Gasteiger partial charge in [-0.25, -0.2) is 0 Å². The highest BCUT2D eigenvalue weighted by Gasteiger charge is 2.46. The van der Waals surface area contributed by atoms with Crippen molar-refractivity contribution in [2.45, 2.75) is 32.2 Å². The van der Waals surface area contributed by atoms with Crippen LogP contribution in [0.2, 0.25) is 0 Å². The molecule has 0 bridgehead atoms. The molecule has 0 spiro atoms. The Balaban J connectivity index is 2.22. The van der Waals surface area contributed by atoms with Crippen molar-refractivity contribution < 1.29 is 24.2 Å². The number of ether oxygens (including phenoxy) is 2. The number of benzene rings is 1. The van der Waals surface area contributed by atoms with Gasteiger partial charge in [0.25, 0.3) is 11.7 Å². The Hall–Kier alpha value is -2.64. The Bertz CT molecular complexity index is 972. The van der Waals surface area contributed by atoms with Gasteiger partial charge in [-0.1, -0.05) is 32.9 Å². The third kappa shape index (κ3) is 4.00.